The first-order chi connectivity index (χ1) is 9.60. The van der Waals surface area contributed by atoms with E-state index in [-0.39, 0.29) is 11.7 Å². The lowest BCUT2D eigenvalue weighted by atomic mass is 10.1. The Hall–Kier alpha value is -2.36. The van der Waals surface area contributed by atoms with Crippen molar-refractivity contribution in [2.45, 2.75) is 13.8 Å². The lowest BCUT2D eigenvalue weighted by molar-refractivity contribution is 0.102. The Morgan fingerprint density at radius 1 is 1.20 bits per heavy atom. The first kappa shape index (κ1) is 14.1. The van der Waals surface area contributed by atoms with Crippen LogP contribution in [0.1, 0.15) is 22.8 Å². The molecule has 2 aromatic carbocycles. The molecule has 3 nitrogen and oxygen atoms in total. The molecular weight excluding hydrogens is 257 g/mol. The van der Waals surface area contributed by atoms with Gasteiger partial charge in [0.15, 0.2) is 0 Å². The van der Waals surface area contributed by atoms with Crippen molar-refractivity contribution in [2.75, 3.05) is 11.9 Å². The van der Waals surface area contributed by atoms with Gasteiger partial charge in [-0.05, 0) is 55.8 Å². The van der Waals surface area contributed by atoms with Gasteiger partial charge in [-0.25, -0.2) is 4.39 Å². The minimum atomic E-state index is -0.369. The molecule has 0 bridgehead atoms. The predicted molar refractivity (Wildman–Crippen MR) is 76.7 cm³/mol. The molecular formula is C16H16FNO2. The molecule has 0 saturated heterocycles. The van der Waals surface area contributed by atoms with Gasteiger partial charge in [0.2, 0.25) is 0 Å². The van der Waals surface area contributed by atoms with E-state index in [2.05, 4.69) is 5.32 Å². The van der Waals surface area contributed by atoms with E-state index in [0.717, 1.165) is 5.56 Å². The Bertz CT molecular complexity index is 608. The summed E-state index contributed by atoms with van der Waals surface area (Å²) >= 11 is 0. The molecule has 2 rings (SSSR count). The maximum atomic E-state index is 12.8. The highest BCUT2D eigenvalue weighted by Crippen LogP contribution is 2.26. The van der Waals surface area contributed by atoms with Crippen LogP contribution in [-0.4, -0.2) is 12.5 Å². The van der Waals surface area contributed by atoms with Crippen molar-refractivity contribution in [1.82, 2.24) is 0 Å². The van der Waals surface area contributed by atoms with Gasteiger partial charge >= 0.3 is 0 Å². The number of halogens is 1. The molecule has 0 atom stereocenters. The zero-order valence-electron chi connectivity index (χ0n) is 11.4. The monoisotopic (exact) mass is 273 g/mol. The van der Waals surface area contributed by atoms with Gasteiger partial charge in [-0.1, -0.05) is 6.07 Å². The summed E-state index contributed by atoms with van der Waals surface area (Å²) in [4.78, 5) is 12.1. The molecule has 0 aliphatic rings. The average Bonchev–Trinajstić information content (AvgIpc) is 2.43. The zero-order valence-corrected chi connectivity index (χ0v) is 11.4. The molecule has 20 heavy (non-hydrogen) atoms. The molecule has 0 saturated carbocycles. The summed E-state index contributed by atoms with van der Waals surface area (Å²) in [5.74, 6) is -0.0374. The molecule has 0 aliphatic carbocycles. The quantitative estimate of drug-likeness (QED) is 0.920. The smallest absolute Gasteiger partial charge is 0.255 e. The molecule has 1 N–H and O–H groups in total. The fourth-order valence-electron chi connectivity index (χ4n) is 1.80. The molecule has 0 radical (unpaired) electrons. The number of anilines is 1. The van der Waals surface area contributed by atoms with Gasteiger partial charge in [0.1, 0.15) is 11.6 Å². The van der Waals surface area contributed by atoms with Gasteiger partial charge in [-0.2, -0.15) is 0 Å². The zero-order chi connectivity index (χ0) is 14.5. The van der Waals surface area contributed by atoms with Gasteiger partial charge in [0.05, 0.1) is 12.3 Å². The Morgan fingerprint density at radius 3 is 2.55 bits per heavy atom. The van der Waals surface area contributed by atoms with Gasteiger partial charge in [-0.3, -0.25) is 4.79 Å². The second-order valence-electron chi connectivity index (χ2n) is 4.39. The van der Waals surface area contributed by atoms with Crippen LogP contribution in [0.15, 0.2) is 42.5 Å². The first-order valence-corrected chi connectivity index (χ1v) is 6.40. The van der Waals surface area contributed by atoms with Gasteiger partial charge in [0, 0.05) is 5.56 Å². The van der Waals surface area contributed by atoms with Crippen LogP contribution >= 0.6 is 0 Å². The Kier molecular flexibility index (Phi) is 4.35. The maximum Gasteiger partial charge on any atom is 0.255 e. The van der Waals surface area contributed by atoms with Crippen LogP contribution in [-0.2, 0) is 0 Å². The summed E-state index contributed by atoms with van der Waals surface area (Å²) in [6.07, 6.45) is 0. The lowest BCUT2D eigenvalue weighted by Gasteiger charge is -2.12. The van der Waals surface area contributed by atoms with E-state index in [1.807, 2.05) is 26.0 Å². The number of aryl methyl sites for hydroxylation is 1. The topological polar surface area (TPSA) is 38.3 Å². The standard InChI is InChI=1S/C16H16FNO2/c1-3-20-15-10-11(2)4-9-14(15)18-16(19)12-5-7-13(17)8-6-12/h4-10H,3H2,1-2H3,(H,18,19). The van der Waals surface area contributed by atoms with Crippen LogP contribution < -0.4 is 10.1 Å². The average molecular weight is 273 g/mol. The van der Waals surface area contributed by atoms with E-state index >= 15 is 0 Å². The molecule has 4 heteroatoms. The van der Waals surface area contributed by atoms with Crippen LogP contribution in [0, 0.1) is 12.7 Å². The number of ether oxygens (including phenoxy) is 1. The van der Waals surface area contributed by atoms with Crippen LogP contribution in [0.3, 0.4) is 0 Å². The second-order valence-corrected chi connectivity index (χ2v) is 4.39. The van der Waals surface area contributed by atoms with E-state index in [1.54, 1.807) is 6.07 Å². The number of carbonyl (C=O) groups excluding carboxylic acids is 1. The number of benzene rings is 2. The highest BCUT2D eigenvalue weighted by Gasteiger charge is 2.10. The van der Waals surface area contributed by atoms with E-state index in [9.17, 15) is 9.18 Å². The van der Waals surface area contributed by atoms with E-state index in [1.165, 1.54) is 24.3 Å². The minimum absolute atomic E-state index is 0.296. The first-order valence-electron chi connectivity index (χ1n) is 6.40. The fraction of sp³-hybridized carbons (Fsp3) is 0.188. The summed E-state index contributed by atoms with van der Waals surface area (Å²) < 4.78 is 18.3. The number of rotatable bonds is 4. The van der Waals surface area contributed by atoms with Crippen molar-refractivity contribution in [1.29, 1.82) is 0 Å². The Labute approximate surface area is 117 Å². The summed E-state index contributed by atoms with van der Waals surface area (Å²) in [6.45, 7) is 4.35. The summed E-state index contributed by atoms with van der Waals surface area (Å²) in [6, 6.07) is 11.0. The van der Waals surface area contributed by atoms with Crippen LogP contribution in [0.4, 0.5) is 10.1 Å². The third-order valence-corrected chi connectivity index (χ3v) is 2.79. The highest BCUT2D eigenvalue weighted by molar-refractivity contribution is 6.05. The predicted octanol–water partition coefficient (Wildman–Crippen LogP) is 3.79. The molecule has 104 valence electrons. The largest absolute Gasteiger partial charge is 0.492 e. The second kappa shape index (κ2) is 6.19. The fourth-order valence-corrected chi connectivity index (χ4v) is 1.80. The summed E-state index contributed by atoms with van der Waals surface area (Å²) in [5, 5.41) is 2.77. The Morgan fingerprint density at radius 2 is 1.90 bits per heavy atom. The van der Waals surface area contributed by atoms with Gasteiger partial charge in [0.25, 0.3) is 5.91 Å². The normalized spacial score (nSPS) is 10.2. The van der Waals surface area contributed by atoms with Crippen molar-refractivity contribution in [2.24, 2.45) is 0 Å². The molecule has 0 heterocycles. The maximum absolute atomic E-state index is 12.8. The van der Waals surface area contributed by atoms with Gasteiger partial charge < -0.3 is 10.1 Å². The van der Waals surface area contributed by atoms with Gasteiger partial charge in [-0.15, -0.1) is 0 Å². The summed E-state index contributed by atoms with van der Waals surface area (Å²) in [5.41, 5.74) is 2.05. The van der Waals surface area contributed by atoms with E-state index < -0.39 is 0 Å². The van der Waals surface area contributed by atoms with Crippen LogP contribution in [0.2, 0.25) is 0 Å². The van der Waals surface area contributed by atoms with Crippen LogP contribution in [0.25, 0.3) is 0 Å². The lowest BCUT2D eigenvalue weighted by Crippen LogP contribution is -2.13. The summed E-state index contributed by atoms with van der Waals surface area (Å²) in [7, 11) is 0. The van der Waals surface area contributed by atoms with E-state index in [0.29, 0.717) is 23.6 Å². The molecule has 1 amide bonds. The number of amides is 1. The van der Waals surface area contributed by atoms with Crippen molar-refractivity contribution in [3.8, 4) is 5.75 Å². The third kappa shape index (κ3) is 3.35. The number of hydrogen-bond donors (Lipinski definition) is 1. The molecule has 0 aliphatic heterocycles. The van der Waals surface area contributed by atoms with Crippen molar-refractivity contribution in [3.63, 3.8) is 0 Å². The van der Waals surface area contributed by atoms with Crippen molar-refractivity contribution in [3.05, 3.63) is 59.4 Å². The molecule has 0 aromatic heterocycles. The number of nitrogens with one attached hydrogen (secondary N) is 1. The highest BCUT2D eigenvalue weighted by atomic mass is 19.1. The number of hydrogen-bond acceptors (Lipinski definition) is 2. The Balaban J connectivity index is 2.21. The molecule has 2 aromatic rings. The molecule has 0 fully saturated rings. The van der Waals surface area contributed by atoms with Crippen molar-refractivity contribution >= 4 is 11.6 Å². The number of carbonyl (C=O) groups is 1. The van der Waals surface area contributed by atoms with E-state index in [4.69, 9.17) is 4.74 Å². The molecule has 0 unspecified atom stereocenters. The minimum Gasteiger partial charge on any atom is -0.492 e. The van der Waals surface area contributed by atoms with Crippen molar-refractivity contribution < 1.29 is 13.9 Å². The molecule has 0 spiro atoms. The third-order valence-electron chi connectivity index (χ3n) is 2.79. The SMILES string of the molecule is CCOc1cc(C)ccc1NC(=O)c1ccc(F)cc1. The van der Waals surface area contributed by atoms with Crippen LogP contribution in [0.5, 0.6) is 5.75 Å².